The summed E-state index contributed by atoms with van der Waals surface area (Å²) in [5.41, 5.74) is 1.65. The van der Waals surface area contributed by atoms with Gasteiger partial charge in [0.2, 0.25) is 0 Å². The lowest BCUT2D eigenvalue weighted by molar-refractivity contribution is 0.0615. The maximum absolute atomic E-state index is 9.65. The van der Waals surface area contributed by atoms with Crippen LogP contribution in [0.15, 0.2) is 42.5 Å². The van der Waals surface area contributed by atoms with Crippen LogP contribution in [0.1, 0.15) is 6.42 Å². The quantitative estimate of drug-likeness (QED) is 0.689. The SMILES string of the molecule is COCC(O)CCNc1ccc2nnc(-c3ccccc3)n2n1. The van der Waals surface area contributed by atoms with Gasteiger partial charge in [-0.2, -0.15) is 4.52 Å². The van der Waals surface area contributed by atoms with Crippen LogP contribution in [0.25, 0.3) is 17.0 Å². The summed E-state index contributed by atoms with van der Waals surface area (Å²) in [6, 6.07) is 13.5. The molecule has 0 bridgehead atoms. The maximum Gasteiger partial charge on any atom is 0.185 e. The molecule has 1 aromatic carbocycles. The largest absolute Gasteiger partial charge is 0.391 e. The van der Waals surface area contributed by atoms with E-state index in [1.165, 1.54) is 0 Å². The Morgan fingerprint density at radius 2 is 2.00 bits per heavy atom. The van der Waals surface area contributed by atoms with Gasteiger partial charge in [0.15, 0.2) is 11.5 Å². The Hall–Kier alpha value is -2.51. The molecule has 0 amide bonds. The lowest BCUT2D eigenvalue weighted by atomic mass is 10.2. The first-order valence-corrected chi connectivity index (χ1v) is 7.46. The first kappa shape index (κ1) is 15.4. The van der Waals surface area contributed by atoms with E-state index in [-0.39, 0.29) is 0 Å². The van der Waals surface area contributed by atoms with Crippen LogP contribution in [0.5, 0.6) is 0 Å². The van der Waals surface area contributed by atoms with Crippen molar-refractivity contribution in [3.63, 3.8) is 0 Å². The Bertz CT molecular complexity index is 760. The average molecular weight is 313 g/mol. The van der Waals surface area contributed by atoms with Crippen molar-refractivity contribution in [3.05, 3.63) is 42.5 Å². The van der Waals surface area contributed by atoms with E-state index < -0.39 is 6.10 Å². The molecule has 1 atom stereocenters. The van der Waals surface area contributed by atoms with Crippen LogP contribution >= 0.6 is 0 Å². The molecule has 120 valence electrons. The number of nitrogens with one attached hydrogen (secondary N) is 1. The number of hydrogen-bond acceptors (Lipinski definition) is 6. The van der Waals surface area contributed by atoms with Crippen LogP contribution in [0.2, 0.25) is 0 Å². The molecular weight excluding hydrogens is 294 g/mol. The Morgan fingerprint density at radius 1 is 1.17 bits per heavy atom. The molecule has 0 aliphatic carbocycles. The average Bonchev–Trinajstić information content (AvgIpc) is 2.99. The number of aliphatic hydroxyl groups is 1. The first-order valence-electron chi connectivity index (χ1n) is 7.46. The fourth-order valence-corrected chi connectivity index (χ4v) is 2.29. The van der Waals surface area contributed by atoms with Crippen LogP contribution in [0.4, 0.5) is 5.82 Å². The van der Waals surface area contributed by atoms with E-state index >= 15 is 0 Å². The molecule has 23 heavy (non-hydrogen) atoms. The zero-order valence-corrected chi connectivity index (χ0v) is 12.9. The van der Waals surface area contributed by atoms with Gasteiger partial charge < -0.3 is 15.2 Å². The molecule has 3 aromatic rings. The first-order chi connectivity index (χ1) is 11.3. The molecule has 2 aromatic heterocycles. The number of rotatable bonds is 7. The minimum absolute atomic E-state index is 0.331. The third-order valence-corrected chi connectivity index (χ3v) is 3.44. The van der Waals surface area contributed by atoms with E-state index in [4.69, 9.17) is 4.74 Å². The van der Waals surface area contributed by atoms with E-state index in [0.29, 0.717) is 36.9 Å². The molecule has 0 spiro atoms. The van der Waals surface area contributed by atoms with Crippen LogP contribution < -0.4 is 5.32 Å². The number of aliphatic hydroxyl groups excluding tert-OH is 1. The molecule has 0 saturated carbocycles. The van der Waals surface area contributed by atoms with E-state index in [0.717, 1.165) is 5.56 Å². The second-order valence-corrected chi connectivity index (χ2v) is 5.20. The zero-order valence-electron chi connectivity index (χ0n) is 12.9. The van der Waals surface area contributed by atoms with E-state index in [1.807, 2.05) is 42.5 Å². The highest BCUT2D eigenvalue weighted by molar-refractivity contribution is 5.59. The lowest BCUT2D eigenvalue weighted by Gasteiger charge is -2.10. The van der Waals surface area contributed by atoms with E-state index in [2.05, 4.69) is 20.6 Å². The molecule has 0 fully saturated rings. The summed E-state index contributed by atoms with van der Waals surface area (Å²) in [6.07, 6.45) is 0.104. The molecule has 0 saturated heterocycles. The Kier molecular flexibility index (Phi) is 4.80. The Morgan fingerprint density at radius 3 is 2.78 bits per heavy atom. The number of benzene rings is 1. The van der Waals surface area contributed by atoms with E-state index in [1.54, 1.807) is 11.6 Å². The summed E-state index contributed by atoms with van der Waals surface area (Å²) in [4.78, 5) is 0. The molecule has 7 heteroatoms. The summed E-state index contributed by atoms with van der Waals surface area (Å²) < 4.78 is 6.62. The van der Waals surface area contributed by atoms with Crippen LogP contribution in [0, 0.1) is 0 Å². The molecule has 2 heterocycles. The second-order valence-electron chi connectivity index (χ2n) is 5.20. The predicted molar refractivity (Wildman–Crippen MR) is 87.2 cm³/mol. The molecule has 1 unspecified atom stereocenters. The number of nitrogens with zero attached hydrogens (tertiary/aromatic N) is 4. The molecule has 3 rings (SSSR count). The van der Waals surface area contributed by atoms with E-state index in [9.17, 15) is 5.11 Å². The van der Waals surface area contributed by atoms with Gasteiger partial charge in [-0.25, -0.2) is 0 Å². The van der Waals surface area contributed by atoms with Gasteiger partial charge in [-0.1, -0.05) is 30.3 Å². The van der Waals surface area contributed by atoms with Gasteiger partial charge >= 0.3 is 0 Å². The van der Waals surface area contributed by atoms with Gasteiger partial charge in [0.05, 0.1) is 12.7 Å². The van der Waals surface area contributed by atoms with Crippen molar-refractivity contribution in [2.45, 2.75) is 12.5 Å². The predicted octanol–water partition coefficient (Wildman–Crippen LogP) is 1.60. The smallest absolute Gasteiger partial charge is 0.185 e. The standard InChI is InChI=1S/C16H19N5O2/c1-23-11-13(22)9-10-17-14-7-8-15-18-19-16(21(15)20-14)12-5-3-2-4-6-12/h2-8,13,22H,9-11H2,1H3,(H,17,20). The zero-order chi connectivity index (χ0) is 16.1. The summed E-state index contributed by atoms with van der Waals surface area (Å²) >= 11 is 0. The van der Waals surface area contributed by atoms with Crippen LogP contribution in [-0.2, 0) is 4.74 Å². The summed E-state index contributed by atoms with van der Waals surface area (Å²) in [7, 11) is 1.57. The molecule has 7 nitrogen and oxygen atoms in total. The topological polar surface area (TPSA) is 84.6 Å². The number of anilines is 1. The molecule has 0 radical (unpaired) electrons. The van der Waals surface area contributed by atoms with Gasteiger partial charge in [0, 0.05) is 19.2 Å². The normalized spacial score (nSPS) is 12.4. The molecule has 2 N–H and O–H groups in total. The number of hydrogen-bond donors (Lipinski definition) is 2. The lowest BCUT2D eigenvalue weighted by Crippen LogP contribution is -2.18. The number of methoxy groups -OCH3 is 1. The molecule has 0 aliphatic heterocycles. The highest BCUT2D eigenvalue weighted by Crippen LogP contribution is 2.17. The highest BCUT2D eigenvalue weighted by atomic mass is 16.5. The fourth-order valence-electron chi connectivity index (χ4n) is 2.29. The molecule has 0 aliphatic rings. The monoisotopic (exact) mass is 313 g/mol. The third kappa shape index (κ3) is 3.64. The van der Waals surface area contributed by atoms with Gasteiger partial charge in [-0.3, -0.25) is 0 Å². The van der Waals surface area contributed by atoms with Crippen molar-refractivity contribution in [3.8, 4) is 11.4 Å². The number of aromatic nitrogens is 4. The van der Waals surface area contributed by atoms with Crippen molar-refractivity contribution in [2.24, 2.45) is 0 Å². The number of fused-ring (bicyclic) bond motifs is 1. The second kappa shape index (κ2) is 7.17. The fraction of sp³-hybridized carbons (Fsp3) is 0.312. The van der Waals surface area contributed by atoms with Crippen molar-refractivity contribution in [1.82, 2.24) is 19.8 Å². The van der Waals surface area contributed by atoms with Crippen LogP contribution in [0.3, 0.4) is 0 Å². The van der Waals surface area contributed by atoms with Gasteiger partial charge in [0.25, 0.3) is 0 Å². The van der Waals surface area contributed by atoms with Crippen molar-refractivity contribution in [1.29, 1.82) is 0 Å². The Labute approximate surface area is 133 Å². The Balaban J connectivity index is 1.76. The van der Waals surface area contributed by atoms with Crippen molar-refractivity contribution < 1.29 is 9.84 Å². The van der Waals surface area contributed by atoms with Gasteiger partial charge in [-0.15, -0.1) is 15.3 Å². The van der Waals surface area contributed by atoms with Crippen LogP contribution in [-0.4, -0.2) is 51.3 Å². The molecular formula is C16H19N5O2. The summed E-state index contributed by atoms with van der Waals surface area (Å²) in [5.74, 6) is 1.41. The minimum atomic E-state index is -0.481. The van der Waals surface area contributed by atoms with Gasteiger partial charge in [0.1, 0.15) is 5.82 Å². The summed E-state index contributed by atoms with van der Waals surface area (Å²) in [6.45, 7) is 0.934. The van der Waals surface area contributed by atoms with Gasteiger partial charge in [-0.05, 0) is 18.6 Å². The van der Waals surface area contributed by atoms with Crippen molar-refractivity contribution >= 4 is 11.5 Å². The maximum atomic E-state index is 9.65. The number of ether oxygens (including phenoxy) is 1. The third-order valence-electron chi connectivity index (χ3n) is 3.44. The minimum Gasteiger partial charge on any atom is -0.391 e. The van der Waals surface area contributed by atoms with Crippen molar-refractivity contribution in [2.75, 3.05) is 25.6 Å². The highest BCUT2D eigenvalue weighted by Gasteiger charge is 2.09. The summed E-state index contributed by atoms with van der Waals surface area (Å²) in [5, 5.41) is 25.7.